The molecule has 0 spiro atoms. The summed E-state index contributed by atoms with van der Waals surface area (Å²) >= 11 is 0. The van der Waals surface area contributed by atoms with E-state index in [1.807, 2.05) is 6.07 Å². The van der Waals surface area contributed by atoms with Crippen LogP contribution in [-0.4, -0.2) is 10.7 Å². The maximum Gasteiger partial charge on any atom is 0.0870 e. The third-order valence-electron chi connectivity index (χ3n) is 2.15. The molecule has 0 aliphatic heterocycles. The SMILES string of the molecule is N=C1CCCc2cc(N)cnc21. The van der Waals surface area contributed by atoms with E-state index in [4.69, 9.17) is 11.1 Å². The molecule has 0 fully saturated rings. The first-order valence-corrected chi connectivity index (χ1v) is 4.09. The third-order valence-corrected chi connectivity index (χ3v) is 2.15. The Labute approximate surface area is 71.1 Å². The molecule has 0 saturated carbocycles. The molecule has 12 heavy (non-hydrogen) atoms. The second-order valence-electron chi connectivity index (χ2n) is 3.11. The van der Waals surface area contributed by atoms with Crippen molar-refractivity contribution < 1.29 is 0 Å². The van der Waals surface area contributed by atoms with Crippen LogP contribution in [0, 0.1) is 5.41 Å². The molecule has 0 aromatic carbocycles. The lowest BCUT2D eigenvalue weighted by atomic mass is 9.94. The van der Waals surface area contributed by atoms with Gasteiger partial charge >= 0.3 is 0 Å². The highest BCUT2D eigenvalue weighted by Gasteiger charge is 2.14. The molecule has 3 heteroatoms. The van der Waals surface area contributed by atoms with Gasteiger partial charge in [0.1, 0.15) is 0 Å². The monoisotopic (exact) mass is 161 g/mol. The van der Waals surface area contributed by atoms with Gasteiger partial charge in [-0.25, -0.2) is 0 Å². The lowest BCUT2D eigenvalue weighted by Crippen LogP contribution is -2.13. The van der Waals surface area contributed by atoms with E-state index in [2.05, 4.69) is 4.98 Å². The molecular formula is C9H11N3. The van der Waals surface area contributed by atoms with Gasteiger partial charge in [-0.1, -0.05) is 0 Å². The molecule has 0 radical (unpaired) electrons. The number of hydrogen-bond donors (Lipinski definition) is 2. The largest absolute Gasteiger partial charge is 0.397 e. The molecule has 1 aromatic heterocycles. The van der Waals surface area contributed by atoms with Gasteiger partial charge in [-0.05, 0) is 30.9 Å². The van der Waals surface area contributed by atoms with E-state index in [0.29, 0.717) is 11.4 Å². The van der Waals surface area contributed by atoms with Gasteiger partial charge in [0.2, 0.25) is 0 Å². The Morgan fingerprint density at radius 1 is 1.42 bits per heavy atom. The normalized spacial score (nSPS) is 15.8. The predicted octanol–water partition coefficient (Wildman–Crippen LogP) is 1.37. The first-order chi connectivity index (χ1) is 5.77. The summed E-state index contributed by atoms with van der Waals surface area (Å²) in [5.41, 5.74) is 8.92. The fraction of sp³-hybridized carbons (Fsp3) is 0.333. The molecule has 2 rings (SSSR count). The quantitative estimate of drug-likeness (QED) is 0.603. The number of nitrogen functional groups attached to an aromatic ring is 1. The number of aromatic nitrogens is 1. The Morgan fingerprint density at radius 3 is 3.08 bits per heavy atom. The molecule has 0 atom stereocenters. The van der Waals surface area contributed by atoms with Crippen LogP contribution in [0.2, 0.25) is 0 Å². The van der Waals surface area contributed by atoms with E-state index in [1.54, 1.807) is 6.20 Å². The predicted molar refractivity (Wildman–Crippen MR) is 48.4 cm³/mol. The van der Waals surface area contributed by atoms with E-state index in [-0.39, 0.29) is 0 Å². The van der Waals surface area contributed by atoms with Crippen LogP contribution >= 0.6 is 0 Å². The van der Waals surface area contributed by atoms with Crippen molar-refractivity contribution in [2.75, 3.05) is 5.73 Å². The Balaban J connectivity index is 2.53. The highest BCUT2D eigenvalue weighted by molar-refractivity contribution is 5.98. The number of anilines is 1. The summed E-state index contributed by atoms with van der Waals surface area (Å²) in [4.78, 5) is 4.15. The Kier molecular flexibility index (Phi) is 1.57. The van der Waals surface area contributed by atoms with Crippen molar-refractivity contribution in [2.45, 2.75) is 19.3 Å². The lowest BCUT2D eigenvalue weighted by molar-refractivity contribution is 0.823. The van der Waals surface area contributed by atoms with Gasteiger partial charge < -0.3 is 11.1 Å². The summed E-state index contributed by atoms with van der Waals surface area (Å²) in [6.45, 7) is 0. The molecule has 1 heterocycles. The molecule has 0 unspecified atom stereocenters. The third kappa shape index (κ3) is 1.07. The van der Waals surface area contributed by atoms with Gasteiger partial charge in [0.25, 0.3) is 0 Å². The molecule has 62 valence electrons. The van der Waals surface area contributed by atoms with Crippen LogP contribution in [0.5, 0.6) is 0 Å². The zero-order valence-electron chi connectivity index (χ0n) is 6.80. The van der Waals surface area contributed by atoms with Crippen LogP contribution in [-0.2, 0) is 6.42 Å². The topological polar surface area (TPSA) is 62.8 Å². The van der Waals surface area contributed by atoms with Crippen molar-refractivity contribution in [3.63, 3.8) is 0 Å². The molecule has 1 aliphatic rings. The van der Waals surface area contributed by atoms with Crippen molar-refractivity contribution in [3.8, 4) is 0 Å². The number of aryl methyl sites for hydroxylation is 1. The number of rotatable bonds is 0. The van der Waals surface area contributed by atoms with Gasteiger partial charge in [-0.15, -0.1) is 0 Å². The minimum absolute atomic E-state index is 0.649. The van der Waals surface area contributed by atoms with Gasteiger partial charge in [0.15, 0.2) is 0 Å². The van der Waals surface area contributed by atoms with E-state index < -0.39 is 0 Å². The standard InChI is InChI=1S/C9H11N3/c10-7-4-6-2-1-3-8(11)9(6)12-5-7/h4-5,11H,1-3,10H2. The van der Waals surface area contributed by atoms with Crippen LogP contribution in [0.25, 0.3) is 0 Å². The first-order valence-electron chi connectivity index (χ1n) is 4.09. The number of nitrogens with one attached hydrogen (secondary N) is 1. The summed E-state index contributed by atoms with van der Waals surface area (Å²) in [6, 6.07) is 1.93. The smallest absolute Gasteiger partial charge is 0.0870 e. The molecule has 1 aromatic rings. The van der Waals surface area contributed by atoms with Gasteiger partial charge in [-0.2, -0.15) is 0 Å². The highest BCUT2D eigenvalue weighted by atomic mass is 14.7. The van der Waals surface area contributed by atoms with Crippen molar-refractivity contribution in [1.29, 1.82) is 5.41 Å². The van der Waals surface area contributed by atoms with Crippen LogP contribution < -0.4 is 5.73 Å². The Morgan fingerprint density at radius 2 is 2.25 bits per heavy atom. The van der Waals surface area contributed by atoms with E-state index >= 15 is 0 Å². The molecule has 0 amide bonds. The number of nitrogens with zero attached hydrogens (tertiary/aromatic N) is 1. The number of fused-ring (bicyclic) bond motifs is 1. The van der Waals surface area contributed by atoms with Crippen molar-refractivity contribution in [1.82, 2.24) is 4.98 Å². The number of hydrogen-bond acceptors (Lipinski definition) is 3. The molecule has 3 N–H and O–H groups in total. The van der Waals surface area contributed by atoms with E-state index in [1.165, 1.54) is 0 Å². The molecule has 3 nitrogen and oxygen atoms in total. The van der Waals surface area contributed by atoms with Gasteiger partial charge in [-0.3, -0.25) is 4.98 Å². The summed E-state index contributed by atoms with van der Waals surface area (Å²) in [6.07, 6.45) is 4.54. The summed E-state index contributed by atoms with van der Waals surface area (Å²) < 4.78 is 0. The van der Waals surface area contributed by atoms with E-state index in [9.17, 15) is 0 Å². The fourth-order valence-corrected chi connectivity index (χ4v) is 1.57. The maximum absolute atomic E-state index is 7.64. The van der Waals surface area contributed by atoms with Crippen LogP contribution in [0.4, 0.5) is 5.69 Å². The molecular weight excluding hydrogens is 150 g/mol. The minimum Gasteiger partial charge on any atom is -0.397 e. The summed E-state index contributed by atoms with van der Waals surface area (Å²) in [5.74, 6) is 0. The molecule has 0 saturated heterocycles. The lowest BCUT2D eigenvalue weighted by Gasteiger charge is -2.15. The van der Waals surface area contributed by atoms with E-state index in [0.717, 1.165) is 30.5 Å². The Hall–Kier alpha value is -1.38. The molecule has 0 bridgehead atoms. The van der Waals surface area contributed by atoms with Crippen molar-refractivity contribution in [3.05, 3.63) is 23.5 Å². The number of nitrogens with two attached hydrogens (primary N) is 1. The van der Waals surface area contributed by atoms with Crippen molar-refractivity contribution in [2.24, 2.45) is 0 Å². The zero-order valence-corrected chi connectivity index (χ0v) is 6.80. The van der Waals surface area contributed by atoms with Gasteiger partial charge in [0, 0.05) is 0 Å². The number of pyridine rings is 1. The highest BCUT2D eigenvalue weighted by Crippen LogP contribution is 2.20. The minimum atomic E-state index is 0.649. The average Bonchev–Trinajstić information content (AvgIpc) is 2.04. The first kappa shape index (κ1) is 7.28. The second kappa shape index (κ2) is 2.59. The van der Waals surface area contributed by atoms with Crippen molar-refractivity contribution >= 4 is 11.4 Å². The Bertz CT molecular complexity index is 331. The fourth-order valence-electron chi connectivity index (χ4n) is 1.57. The summed E-state index contributed by atoms with van der Waals surface area (Å²) in [7, 11) is 0. The summed E-state index contributed by atoms with van der Waals surface area (Å²) in [5, 5.41) is 7.64. The maximum atomic E-state index is 7.64. The average molecular weight is 161 g/mol. The van der Waals surface area contributed by atoms with Crippen LogP contribution in [0.1, 0.15) is 24.1 Å². The van der Waals surface area contributed by atoms with Crippen LogP contribution in [0.3, 0.4) is 0 Å². The van der Waals surface area contributed by atoms with Crippen LogP contribution in [0.15, 0.2) is 12.3 Å². The zero-order chi connectivity index (χ0) is 8.55. The second-order valence-corrected chi connectivity index (χ2v) is 3.11. The van der Waals surface area contributed by atoms with Gasteiger partial charge in [0.05, 0.1) is 23.3 Å². The molecule has 1 aliphatic carbocycles.